The number of hydrogen-bond donors (Lipinski definition) is 0. The summed E-state index contributed by atoms with van der Waals surface area (Å²) >= 11 is 1.74. The van der Waals surface area contributed by atoms with Crippen LogP contribution in [0.3, 0.4) is 0 Å². The van der Waals surface area contributed by atoms with E-state index in [1.165, 1.54) is 176 Å². The van der Waals surface area contributed by atoms with E-state index in [0.29, 0.717) is 0 Å². The molecule has 0 aliphatic heterocycles. The highest BCUT2D eigenvalue weighted by Gasteiger charge is 2.37. The van der Waals surface area contributed by atoms with Crippen LogP contribution in [-0.4, -0.2) is 4.98 Å². The molecule has 0 atom stereocenters. The van der Waals surface area contributed by atoms with Gasteiger partial charge in [-0.1, -0.05) is 315 Å². The minimum Gasteiger partial charge on any atom is -0.244 e. The quantitative estimate of drug-likeness (QED) is 0.133. The van der Waals surface area contributed by atoms with Crippen LogP contribution in [-0.2, 0) is 0 Å². The van der Waals surface area contributed by atoms with Gasteiger partial charge in [0, 0.05) is 11.1 Å². The number of benzene rings is 15. The van der Waals surface area contributed by atoms with E-state index in [1.54, 1.807) is 11.3 Å². The van der Waals surface area contributed by atoms with Crippen LogP contribution in [0.5, 0.6) is 0 Å². The zero-order chi connectivity index (χ0) is 58.5. The van der Waals surface area contributed by atoms with E-state index in [-0.39, 0.29) is 0 Å². The third-order valence-corrected chi connectivity index (χ3v) is 19.6. The molecule has 1 aromatic heterocycles. The van der Waals surface area contributed by atoms with Gasteiger partial charge in [-0.2, -0.15) is 0 Å². The molecule has 2 heteroatoms. The lowest BCUT2D eigenvalue weighted by Crippen LogP contribution is -1.99. The summed E-state index contributed by atoms with van der Waals surface area (Å²) in [6, 6.07) is 117. The van der Waals surface area contributed by atoms with Crippen molar-refractivity contribution in [1.29, 1.82) is 0 Å². The molecule has 0 unspecified atom stereocenters. The van der Waals surface area contributed by atoms with Crippen LogP contribution in [0, 0.1) is 0 Å². The molecule has 0 spiro atoms. The summed E-state index contributed by atoms with van der Waals surface area (Å²) in [5.74, 6) is 0. The summed E-state index contributed by atoms with van der Waals surface area (Å²) < 4.78 is 1.18. The first-order valence-corrected chi connectivity index (χ1v) is 31.6. The minimum atomic E-state index is 1.01. The Hall–Kier alpha value is -11.3. The number of rotatable bonds is 10. The lowest BCUT2D eigenvalue weighted by atomic mass is 9.76. The molecule has 0 fully saturated rings. The second-order valence-corrected chi connectivity index (χ2v) is 24.3. The van der Waals surface area contributed by atoms with Crippen molar-refractivity contribution in [1.82, 2.24) is 4.98 Å². The van der Waals surface area contributed by atoms with Gasteiger partial charge in [-0.05, 0) is 166 Å². The summed E-state index contributed by atoms with van der Waals surface area (Å²) in [6.07, 6.45) is 0. The molecule has 16 aromatic rings. The van der Waals surface area contributed by atoms with Crippen molar-refractivity contribution in [2.75, 3.05) is 0 Å². The Morgan fingerprint density at radius 2 is 0.416 bits per heavy atom. The van der Waals surface area contributed by atoms with Crippen LogP contribution in [0.1, 0.15) is 0 Å². The van der Waals surface area contributed by atoms with Crippen molar-refractivity contribution in [2.45, 2.75) is 0 Å². The van der Waals surface area contributed by atoms with Crippen LogP contribution in [0.4, 0.5) is 0 Å². The smallest absolute Gasteiger partial charge is 0.0896 e. The summed E-state index contributed by atoms with van der Waals surface area (Å²) in [5, 5.41) is 5.00. The van der Waals surface area contributed by atoms with Crippen molar-refractivity contribution < 1.29 is 0 Å². The highest BCUT2D eigenvalue weighted by atomic mass is 32.1. The van der Waals surface area contributed by atoms with Gasteiger partial charge in [0.1, 0.15) is 0 Å². The van der Waals surface area contributed by atoms with Gasteiger partial charge in [0.2, 0.25) is 0 Å². The molecule has 15 aromatic carbocycles. The van der Waals surface area contributed by atoms with Gasteiger partial charge in [-0.3, -0.25) is 0 Å². The zero-order valence-corrected chi connectivity index (χ0v) is 49.3. The summed E-state index contributed by atoms with van der Waals surface area (Å²) in [5.41, 5.74) is 37.3. The first-order chi connectivity index (χ1) is 44.3. The van der Waals surface area contributed by atoms with E-state index < -0.39 is 0 Å². The van der Waals surface area contributed by atoms with E-state index in [4.69, 9.17) is 4.98 Å². The molecular formula is C87H53NS. The fourth-order valence-corrected chi connectivity index (χ4v) is 16.1. The van der Waals surface area contributed by atoms with E-state index >= 15 is 0 Å². The lowest BCUT2D eigenvalue weighted by molar-refractivity contribution is 1.50. The molecule has 0 amide bonds. The maximum atomic E-state index is 5.33. The SMILES string of the molecule is c1ccc(-c2c(-c3ccccc3)c(-c3ccccc3)c3c(c2-c2ccccc2)-c2cccc4c(-c5ccc(-c6ccc7c8c(cccc68)-c6c(-c8ccccc8)c(-c8ccccc8)c(-c8ccccc8)c(-c8ccccc8)c6-7)c6scnc56)ccc-3c24)cc1. The average molecular weight is 1140 g/mol. The molecule has 2 aliphatic carbocycles. The van der Waals surface area contributed by atoms with Crippen molar-refractivity contribution in [3.8, 4) is 156 Å². The second kappa shape index (κ2) is 20.7. The number of fused-ring (bicyclic) bond motifs is 7. The molecule has 2 aliphatic rings. The third-order valence-electron chi connectivity index (χ3n) is 18.7. The first kappa shape index (κ1) is 51.0. The Balaban J connectivity index is 0.865. The van der Waals surface area contributed by atoms with Gasteiger partial charge >= 0.3 is 0 Å². The first-order valence-electron chi connectivity index (χ1n) is 30.7. The van der Waals surface area contributed by atoms with Crippen molar-refractivity contribution in [2.24, 2.45) is 0 Å². The number of thiazole rings is 1. The fourth-order valence-electron chi connectivity index (χ4n) is 15.2. The highest BCUT2D eigenvalue weighted by Crippen LogP contribution is 2.64. The molecule has 89 heavy (non-hydrogen) atoms. The number of hydrogen-bond acceptors (Lipinski definition) is 2. The van der Waals surface area contributed by atoms with Crippen LogP contribution in [0.2, 0.25) is 0 Å². The van der Waals surface area contributed by atoms with Crippen LogP contribution in [0.25, 0.3) is 188 Å². The molecule has 0 radical (unpaired) electrons. The molecule has 18 rings (SSSR count). The monoisotopic (exact) mass is 1140 g/mol. The van der Waals surface area contributed by atoms with E-state index in [1.807, 2.05) is 5.51 Å². The van der Waals surface area contributed by atoms with Gasteiger partial charge in [0.25, 0.3) is 0 Å². The van der Waals surface area contributed by atoms with Gasteiger partial charge in [-0.15, -0.1) is 11.3 Å². The summed E-state index contributed by atoms with van der Waals surface area (Å²) in [7, 11) is 0. The van der Waals surface area contributed by atoms with Gasteiger partial charge in [0.15, 0.2) is 0 Å². The predicted molar refractivity (Wildman–Crippen MR) is 378 cm³/mol. The van der Waals surface area contributed by atoms with Crippen molar-refractivity contribution >= 4 is 43.1 Å². The normalized spacial score (nSPS) is 11.8. The maximum Gasteiger partial charge on any atom is 0.0896 e. The van der Waals surface area contributed by atoms with Crippen LogP contribution >= 0.6 is 11.3 Å². The fraction of sp³-hybridized carbons (Fsp3) is 0. The van der Waals surface area contributed by atoms with Crippen LogP contribution < -0.4 is 0 Å². The number of aromatic nitrogens is 1. The lowest BCUT2D eigenvalue weighted by Gasteiger charge is -2.26. The summed E-state index contributed by atoms with van der Waals surface area (Å²) in [6.45, 7) is 0. The van der Waals surface area contributed by atoms with Gasteiger partial charge < -0.3 is 0 Å². The van der Waals surface area contributed by atoms with E-state index in [9.17, 15) is 0 Å². The molecule has 0 saturated heterocycles. The molecule has 0 saturated carbocycles. The molecular weight excluding hydrogens is 1090 g/mol. The van der Waals surface area contributed by atoms with Crippen LogP contribution in [0.15, 0.2) is 321 Å². The standard InChI is InChI=1S/C87H53NS/c1-9-27-54(28-10-1)72-74(56-31-13-3-14-32-56)78(60-39-21-7-22-40-60)84-70-51-47-62(64-43-25-45-68(80(64)70)82(84)76(72)58-35-17-5-18-36-58)66-49-50-67(87-86(66)88-53-89-87)63-48-52-71-81-65(63)44-26-46-69(81)83-77(59-37-19-6-20-38-59)73(55-29-11-2-12-30-55)75(57-33-15-4-16-34-57)79(85(71)83)61-41-23-8-24-42-61/h1-53H. The Kier molecular flexibility index (Phi) is 11.9. The highest BCUT2D eigenvalue weighted by molar-refractivity contribution is 7.17. The molecule has 1 heterocycles. The molecule has 0 bridgehead atoms. The van der Waals surface area contributed by atoms with Crippen molar-refractivity contribution in [3.63, 3.8) is 0 Å². The largest absolute Gasteiger partial charge is 0.244 e. The van der Waals surface area contributed by atoms with Crippen molar-refractivity contribution in [3.05, 3.63) is 321 Å². The molecule has 1 nitrogen and oxygen atoms in total. The maximum absolute atomic E-state index is 5.33. The Labute approximate surface area is 521 Å². The van der Waals surface area contributed by atoms with Gasteiger partial charge in [-0.25, -0.2) is 4.98 Å². The second-order valence-electron chi connectivity index (χ2n) is 23.4. The Morgan fingerprint density at radius 3 is 0.719 bits per heavy atom. The zero-order valence-electron chi connectivity index (χ0n) is 48.5. The Bertz CT molecular complexity index is 4890. The summed E-state index contributed by atoms with van der Waals surface area (Å²) in [4.78, 5) is 5.33. The number of nitrogens with zero attached hydrogens (tertiary/aromatic N) is 1. The molecule has 0 N–H and O–H groups in total. The predicted octanol–water partition coefficient (Wildman–Crippen LogP) is 24.6. The Morgan fingerprint density at radius 1 is 0.180 bits per heavy atom. The van der Waals surface area contributed by atoms with E-state index in [2.05, 4.69) is 315 Å². The topological polar surface area (TPSA) is 12.9 Å². The molecule has 412 valence electrons. The van der Waals surface area contributed by atoms with Gasteiger partial charge in [0.05, 0.1) is 15.7 Å². The third kappa shape index (κ3) is 7.84. The average Bonchev–Trinajstić information content (AvgIpc) is 1.60. The minimum absolute atomic E-state index is 1.01. The van der Waals surface area contributed by atoms with E-state index in [0.717, 1.165) is 11.1 Å².